The summed E-state index contributed by atoms with van der Waals surface area (Å²) in [6, 6.07) is 14.4. The van der Waals surface area contributed by atoms with Crippen LogP contribution in [-0.2, 0) is 15.0 Å². The van der Waals surface area contributed by atoms with Gasteiger partial charge in [-0.1, -0.05) is 46.3 Å². The number of hydrogen-bond acceptors (Lipinski definition) is 4. The standard InChI is InChI=1S/C21H13BrN2O4S/c22-11-6-7-13-12(8-11)21(20(28)23-13)9-14(25)24-16-15(10-4-2-1-3-5-10)17(19(26)27)29-18(16)21/h1-8H,9H2,(H,23,28)(H,24,25)(H,26,27). The van der Waals surface area contributed by atoms with E-state index in [9.17, 15) is 19.5 Å². The zero-order valence-corrected chi connectivity index (χ0v) is 17.2. The maximum absolute atomic E-state index is 13.2. The Bertz CT molecular complexity index is 1220. The van der Waals surface area contributed by atoms with Crippen LogP contribution in [0.2, 0.25) is 0 Å². The van der Waals surface area contributed by atoms with Crippen molar-refractivity contribution in [3.05, 3.63) is 68.3 Å². The van der Waals surface area contributed by atoms with Crippen LogP contribution in [0.1, 0.15) is 26.5 Å². The smallest absolute Gasteiger partial charge is 0.346 e. The highest BCUT2D eigenvalue weighted by atomic mass is 79.9. The first-order chi connectivity index (χ1) is 13.9. The SMILES string of the molecule is O=C1CC2(C(=O)Nc3ccc(Br)cc32)c2sc(C(=O)O)c(-c3ccccc3)c2N1. The van der Waals surface area contributed by atoms with Gasteiger partial charge < -0.3 is 15.7 Å². The zero-order valence-electron chi connectivity index (χ0n) is 14.8. The summed E-state index contributed by atoms with van der Waals surface area (Å²) in [5, 5.41) is 15.6. The predicted molar refractivity (Wildman–Crippen MR) is 114 cm³/mol. The molecule has 2 aromatic carbocycles. The Kier molecular flexibility index (Phi) is 3.91. The quantitative estimate of drug-likeness (QED) is 0.517. The highest BCUT2D eigenvalue weighted by Gasteiger charge is 2.55. The lowest BCUT2D eigenvalue weighted by atomic mass is 9.74. The molecule has 144 valence electrons. The summed E-state index contributed by atoms with van der Waals surface area (Å²) in [7, 11) is 0. The molecule has 1 unspecified atom stereocenters. The van der Waals surface area contributed by atoms with Crippen molar-refractivity contribution in [2.45, 2.75) is 11.8 Å². The van der Waals surface area contributed by atoms with Gasteiger partial charge in [0.25, 0.3) is 0 Å². The molecule has 0 saturated heterocycles. The van der Waals surface area contributed by atoms with Gasteiger partial charge in [0, 0.05) is 15.7 Å². The summed E-state index contributed by atoms with van der Waals surface area (Å²) in [5.74, 6) is -1.74. The van der Waals surface area contributed by atoms with Gasteiger partial charge in [-0.15, -0.1) is 11.3 Å². The van der Waals surface area contributed by atoms with Crippen LogP contribution in [0, 0.1) is 0 Å². The lowest BCUT2D eigenvalue weighted by Gasteiger charge is -2.31. The molecular formula is C21H13BrN2O4S. The van der Waals surface area contributed by atoms with Gasteiger partial charge in [-0.25, -0.2) is 4.79 Å². The molecule has 2 aliphatic heterocycles. The second-order valence-corrected chi connectivity index (χ2v) is 8.89. The predicted octanol–water partition coefficient (Wildman–Crippen LogP) is 4.46. The molecule has 8 heteroatoms. The molecule has 0 aliphatic carbocycles. The average Bonchev–Trinajstić information content (AvgIpc) is 3.20. The Morgan fingerprint density at radius 2 is 1.86 bits per heavy atom. The van der Waals surface area contributed by atoms with Gasteiger partial charge in [-0.3, -0.25) is 9.59 Å². The van der Waals surface area contributed by atoms with Crippen LogP contribution in [0.25, 0.3) is 11.1 Å². The monoisotopic (exact) mass is 468 g/mol. The summed E-state index contributed by atoms with van der Waals surface area (Å²) in [6.07, 6.45) is -0.0803. The van der Waals surface area contributed by atoms with Crippen molar-refractivity contribution in [2.75, 3.05) is 10.6 Å². The summed E-state index contributed by atoms with van der Waals surface area (Å²) in [6.45, 7) is 0. The summed E-state index contributed by atoms with van der Waals surface area (Å²) in [5.41, 5.74) is 1.56. The lowest BCUT2D eigenvalue weighted by Crippen LogP contribution is -2.42. The normalized spacial score (nSPS) is 19.5. The fourth-order valence-corrected chi connectivity index (χ4v) is 5.80. The number of fused-ring (bicyclic) bond motifs is 4. The first kappa shape index (κ1) is 18.1. The molecule has 0 fully saturated rings. The summed E-state index contributed by atoms with van der Waals surface area (Å²) < 4.78 is 0.776. The number of carbonyl (C=O) groups excluding carboxylic acids is 2. The second-order valence-electron chi connectivity index (χ2n) is 6.96. The van der Waals surface area contributed by atoms with Crippen molar-refractivity contribution in [2.24, 2.45) is 0 Å². The van der Waals surface area contributed by atoms with Gasteiger partial charge in [-0.05, 0) is 29.3 Å². The van der Waals surface area contributed by atoms with Crippen LogP contribution in [0.4, 0.5) is 11.4 Å². The number of benzene rings is 2. The van der Waals surface area contributed by atoms with Crippen LogP contribution >= 0.6 is 27.3 Å². The molecular weight excluding hydrogens is 456 g/mol. The Morgan fingerprint density at radius 3 is 2.59 bits per heavy atom. The highest BCUT2D eigenvalue weighted by molar-refractivity contribution is 9.10. The fourth-order valence-electron chi connectivity index (χ4n) is 4.12. The molecule has 29 heavy (non-hydrogen) atoms. The van der Waals surface area contributed by atoms with Crippen molar-refractivity contribution in [3.63, 3.8) is 0 Å². The number of carboxylic acids is 1. The largest absolute Gasteiger partial charge is 0.477 e. The Labute approximate surface area is 177 Å². The minimum Gasteiger partial charge on any atom is -0.477 e. The molecule has 5 rings (SSSR count). The number of amides is 2. The third-order valence-electron chi connectivity index (χ3n) is 5.32. The van der Waals surface area contributed by atoms with Gasteiger partial charge in [0.2, 0.25) is 11.8 Å². The minimum atomic E-state index is -1.25. The van der Waals surface area contributed by atoms with Crippen molar-refractivity contribution >= 4 is 56.4 Å². The molecule has 0 radical (unpaired) electrons. The fraction of sp³-hybridized carbons (Fsp3) is 0.0952. The molecule has 1 atom stereocenters. The Hall–Kier alpha value is -2.97. The van der Waals surface area contributed by atoms with Crippen molar-refractivity contribution in [1.29, 1.82) is 0 Å². The van der Waals surface area contributed by atoms with Crippen LogP contribution in [0.5, 0.6) is 0 Å². The van der Waals surface area contributed by atoms with Crippen LogP contribution in [0.15, 0.2) is 53.0 Å². The second kappa shape index (κ2) is 6.27. The number of thiophene rings is 1. The summed E-state index contributed by atoms with van der Waals surface area (Å²) in [4.78, 5) is 38.7. The first-order valence-electron chi connectivity index (χ1n) is 8.79. The highest BCUT2D eigenvalue weighted by Crippen LogP contribution is 2.56. The van der Waals surface area contributed by atoms with Crippen molar-refractivity contribution in [1.82, 2.24) is 0 Å². The Morgan fingerprint density at radius 1 is 1.10 bits per heavy atom. The third-order valence-corrected chi connectivity index (χ3v) is 7.15. The minimum absolute atomic E-state index is 0.0803. The van der Waals surface area contributed by atoms with Gasteiger partial charge in [0.15, 0.2) is 0 Å². The number of carboxylic acid groups (broad SMARTS) is 1. The topological polar surface area (TPSA) is 95.5 Å². The molecule has 1 aromatic heterocycles. The van der Waals surface area contributed by atoms with E-state index in [-0.39, 0.29) is 23.1 Å². The van der Waals surface area contributed by atoms with E-state index in [0.29, 0.717) is 32.9 Å². The van der Waals surface area contributed by atoms with Crippen molar-refractivity contribution in [3.8, 4) is 11.1 Å². The van der Waals surface area contributed by atoms with E-state index in [2.05, 4.69) is 26.6 Å². The van der Waals surface area contributed by atoms with Crippen LogP contribution < -0.4 is 10.6 Å². The van der Waals surface area contributed by atoms with Crippen LogP contribution in [-0.4, -0.2) is 22.9 Å². The lowest BCUT2D eigenvalue weighted by molar-refractivity contribution is -0.125. The number of halogens is 1. The zero-order chi connectivity index (χ0) is 20.3. The molecule has 3 aromatic rings. The van der Waals surface area contributed by atoms with Gasteiger partial charge in [0.1, 0.15) is 10.3 Å². The molecule has 3 heterocycles. The maximum Gasteiger partial charge on any atom is 0.346 e. The molecule has 1 spiro atoms. The van der Waals surface area contributed by atoms with E-state index in [1.54, 1.807) is 30.3 Å². The molecule has 2 amide bonds. The number of hydrogen-bond donors (Lipinski definition) is 3. The number of nitrogens with one attached hydrogen (secondary N) is 2. The van der Waals surface area contributed by atoms with Crippen LogP contribution in [0.3, 0.4) is 0 Å². The van der Waals surface area contributed by atoms with E-state index >= 15 is 0 Å². The van der Waals surface area contributed by atoms with Gasteiger partial charge in [-0.2, -0.15) is 0 Å². The number of anilines is 2. The molecule has 0 saturated carbocycles. The average molecular weight is 469 g/mol. The molecule has 0 bridgehead atoms. The van der Waals surface area contributed by atoms with Crippen molar-refractivity contribution < 1.29 is 19.5 Å². The van der Waals surface area contributed by atoms with E-state index in [0.717, 1.165) is 15.8 Å². The molecule has 3 N–H and O–H groups in total. The maximum atomic E-state index is 13.2. The number of aromatic carboxylic acids is 1. The van der Waals surface area contributed by atoms with Gasteiger partial charge >= 0.3 is 5.97 Å². The number of rotatable bonds is 2. The van der Waals surface area contributed by atoms with E-state index in [1.165, 1.54) is 0 Å². The van der Waals surface area contributed by atoms with E-state index in [4.69, 9.17) is 0 Å². The first-order valence-corrected chi connectivity index (χ1v) is 10.4. The molecule has 6 nitrogen and oxygen atoms in total. The Balaban J connectivity index is 1.86. The van der Waals surface area contributed by atoms with E-state index in [1.807, 2.05) is 18.2 Å². The third kappa shape index (κ3) is 2.49. The number of carbonyl (C=O) groups is 3. The van der Waals surface area contributed by atoms with Gasteiger partial charge in [0.05, 0.1) is 17.0 Å². The molecule has 2 aliphatic rings. The summed E-state index contributed by atoms with van der Waals surface area (Å²) >= 11 is 4.48. The van der Waals surface area contributed by atoms with E-state index < -0.39 is 11.4 Å².